The molecule has 0 radical (unpaired) electrons. The molecule has 0 bridgehead atoms. The Morgan fingerprint density at radius 2 is 2.00 bits per heavy atom. The number of benzene rings is 1. The standard InChI is InChI=1S/C17H29ClN2/c1-4-6-11-20(14(3)5-2)12-10-17(19)15-8-7-9-16(18)13-15/h7-9,13-14,17H,4-6,10-12,19H2,1-3H3. The summed E-state index contributed by atoms with van der Waals surface area (Å²) in [5.41, 5.74) is 7.43. The van der Waals surface area contributed by atoms with Crippen LogP contribution in [-0.4, -0.2) is 24.0 Å². The van der Waals surface area contributed by atoms with Crippen LogP contribution >= 0.6 is 11.6 Å². The molecule has 0 amide bonds. The zero-order valence-corrected chi connectivity index (χ0v) is 13.9. The molecule has 0 aliphatic carbocycles. The lowest BCUT2D eigenvalue weighted by molar-refractivity contribution is 0.194. The number of nitrogens with two attached hydrogens (primary N) is 1. The third kappa shape index (κ3) is 5.82. The molecule has 0 aromatic heterocycles. The largest absolute Gasteiger partial charge is 0.324 e. The minimum absolute atomic E-state index is 0.0712. The summed E-state index contributed by atoms with van der Waals surface area (Å²) < 4.78 is 0. The fourth-order valence-corrected chi connectivity index (χ4v) is 2.58. The number of unbranched alkanes of at least 4 members (excludes halogenated alkanes) is 1. The third-order valence-electron chi connectivity index (χ3n) is 4.02. The fraction of sp³-hybridized carbons (Fsp3) is 0.647. The van der Waals surface area contributed by atoms with Gasteiger partial charge in [-0.15, -0.1) is 0 Å². The van der Waals surface area contributed by atoms with Crippen LogP contribution in [0.1, 0.15) is 58.1 Å². The van der Waals surface area contributed by atoms with Gasteiger partial charge < -0.3 is 10.6 Å². The van der Waals surface area contributed by atoms with Gasteiger partial charge in [-0.2, -0.15) is 0 Å². The molecule has 2 N–H and O–H groups in total. The number of nitrogens with zero attached hydrogens (tertiary/aromatic N) is 1. The first-order valence-corrected chi connectivity index (χ1v) is 8.21. The number of halogens is 1. The maximum atomic E-state index is 6.30. The molecule has 2 nitrogen and oxygen atoms in total. The average molecular weight is 297 g/mol. The molecule has 0 spiro atoms. The highest BCUT2D eigenvalue weighted by molar-refractivity contribution is 6.30. The van der Waals surface area contributed by atoms with Crippen molar-refractivity contribution in [3.63, 3.8) is 0 Å². The van der Waals surface area contributed by atoms with Gasteiger partial charge in [-0.3, -0.25) is 0 Å². The lowest BCUT2D eigenvalue weighted by atomic mass is 10.0. The molecule has 20 heavy (non-hydrogen) atoms. The second-order valence-corrected chi connectivity index (χ2v) is 6.03. The van der Waals surface area contributed by atoms with Crippen molar-refractivity contribution in [1.82, 2.24) is 4.90 Å². The highest BCUT2D eigenvalue weighted by Gasteiger charge is 2.14. The van der Waals surface area contributed by atoms with Crippen molar-refractivity contribution in [3.8, 4) is 0 Å². The Balaban J connectivity index is 2.53. The van der Waals surface area contributed by atoms with Gasteiger partial charge in [0.1, 0.15) is 0 Å². The van der Waals surface area contributed by atoms with Crippen LogP contribution in [-0.2, 0) is 0 Å². The Kier molecular flexibility index (Phi) is 8.20. The molecule has 0 fully saturated rings. The van der Waals surface area contributed by atoms with E-state index in [2.05, 4.69) is 31.7 Å². The number of rotatable bonds is 9. The Labute approximate surface area is 129 Å². The molecule has 0 saturated heterocycles. The fourth-order valence-electron chi connectivity index (χ4n) is 2.38. The highest BCUT2D eigenvalue weighted by Crippen LogP contribution is 2.19. The first-order valence-electron chi connectivity index (χ1n) is 7.83. The van der Waals surface area contributed by atoms with Crippen LogP contribution in [0.5, 0.6) is 0 Å². The summed E-state index contributed by atoms with van der Waals surface area (Å²) in [6.45, 7) is 9.03. The molecule has 114 valence electrons. The van der Waals surface area contributed by atoms with Gasteiger partial charge in [-0.25, -0.2) is 0 Å². The van der Waals surface area contributed by atoms with Crippen LogP contribution in [0.3, 0.4) is 0 Å². The average Bonchev–Trinajstić information content (AvgIpc) is 2.46. The van der Waals surface area contributed by atoms with E-state index in [1.807, 2.05) is 18.2 Å². The van der Waals surface area contributed by atoms with Crippen molar-refractivity contribution in [3.05, 3.63) is 34.9 Å². The summed E-state index contributed by atoms with van der Waals surface area (Å²) in [7, 11) is 0. The third-order valence-corrected chi connectivity index (χ3v) is 4.25. The van der Waals surface area contributed by atoms with Crippen LogP contribution < -0.4 is 5.73 Å². The van der Waals surface area contributed by atoms with Crippen molar-refractivity contribution in [2.75, 3.05) is 13.1 Å². The summed E-state index contributed by atoms with van der Waals surface area (Å²) in [5.74, 6) is 0. The Morgan fingerprint density at radius 1 is 1.25 bits per heavy atom. The molecule has 3 heteroatoms. The van der Waals surface area contributed by atoms with Crippen molar-refractivity contribution in [2.24, 2.45) is 5.73 Å². The zero-order valence-electron chi connectivity index (χ0n) is 13.1. The maximum absolute atomic E-state index is 6.30. The SMILES string of the molecule is CCCCN(CCC(N)c1cccc(Cl)c1)C(C)CC. The molecule has 0 aliphatic heterocycles. The normalized spacial score (nSPS) is 14.5. The molecule has 1 aromatic rings. The van der Waals surface area contributed by atoms with E-state index in [0.29, 0.717) is 6.04 Å². The van der Waals surface area contributed by atoms with E-state index in [0.717, 1.165) is 23.6 Å². The van der Waals surface area contributed by atoms with Gasteiger partial charge in [0.05, 0.1) is 0 Å². The molecule has 1 aromatic carbocycles. The van der Waals surface area contributed by atoms with E-state index in [4.69, 9.17) is 17.3 Å². The lowest BCUT2D eigenvalue weighted by Crippen LogP contribution is -2.35. The second-order valence-electron chi connectivity index (χ2n) is 5.60. The van der Waals surface area contributed by atoms with Gasteiger partial charge in [-0.1, -0.05) is 44.0 Å². The van der Waals surface area contributed by atoms with Crippen LogP contribution in [0.4, 0.5) is 0 Å². The predicted octanol–water partition coefficient (Wildman–Crippen LogP) is 4.63. The molecule has 2 atom stereocenters. The van der Waals surface area contributed by atoms with Crippen LogP contribution in [0.25, 0.3) is 0 Å². The summed E-state index contributed by atoms with van der Waals surface area (Å²) in [6, 6.07) is 8.61. The van der Waals surface area contributed by atoms with Gasteiger partial charge >= 0.3 is 0 Å². The topological polar surface area (TPSA) is 29.3 Å². The van der Waals surface area contributed by atoms with Crippen LogP contribution in [0.15, 0.2) is 24.3 Å². The maximum Gasteiger partial charge on any atom is 0.0409 e. The first-order chi connectivity index (χ1) is 9.58. The summed E-state index contributed by atoms with van der Waals surface area (Å²) in [4.78, 5) is 2.56. The highest BCUT2D eigenvalue weighted by atomic mass is 35.5. The molecule has 1 rings (SSSR count). The quantitative estimate of drug-likeness (QED) is 0.720. The molecule has 0 heterocycles. The molecule has 2 unspecified atom stereocenters. The Bertz CT molecular complexity index is 381. The monoisotopic (exact) mass is 296 g/mol. The van der Waals surface area contributed by atoms with Crippen molar-refractivity contribution < 1.29 is 0 Å². The smallest absolute Gasteiger partial charge is 0.0409 e. The van der Waals surface area contributed by atoms with E-state index < -0.39 is 0 Å². The van der Waals surface area contributed by atoms with Gasteiger partial charge in [0.25, 0.3) is 0 Å². The lowest BCUT2D eigenvalue weighted by Gasteiger charge is -2.29. The molecular formula is C17H29ClN2. The molecule has 0 saturated carbocycles. The van der Waals surface area contributed by atoms with Gasteiger partial charge in [0.2, 0.25) is 0 Å². The number of hydrogen-bond donors (Lipinski definition) is 1. The van der Waals surface area contributed by atoms with E-state index in [1.54, 1.807) is 0 Å². The number of hydrogen-bond acceptors (Lipinski definition) is 2. The Morgan fingerprint density at radius 3 is 2.60 bits per heavy atom. The van der Waals surface area contributed by atoms with E-state index in [-0.39, 0.29) is 6.04 Å². The predicted molar refractivity (Wildman–Crippen MR) is 89.2 cm³/mol. The van der Waals surface area contributed by atoms with Gasteiger partial charge in [0.15, 0.2) is 0 Å². The van der Waals surface area contributed by atoms with E-state index in [1.165, 1.54) is 25.8 Å². The first kappa shape index (κ1) is 17.5. The zero-order chi connectivity index (χ0) is 15.0. The Hall–Kier alpha value is -0.570. The minimum atomic E-state index is 0.0712. The summed E-state index contributed by atoms with van der Waals surface area (Å²) >= 11 is 6.03. The van der Waals surface area contributed by atoms with Crippen molar-refractivity contribution in [2.45, 2.75) is 58.5 Å². The molecular weight excluding hydrogens is 268 g/mol. The van der Waals surface area contributed by atoms with E-state index in [9.17, 15) is 0 Å². The van der Waals surface area contributed by atoms with Crippen molar-refractivity contribution in [1.29, 1.82) is 0 Å². The van der Waals surface area contributed by atoms with Crippen LogP contribution in [0.2, 0.25) is 5.02 Å². The summed E-state index contributed by atoms with van der Waals surface area (Å²) in [5, 5.41) is 0.766. The van der Waals surface area contributed by atoms with Gasteiger partial charge in [-0.05, 0) is 50.4 Å². The minimum Gasteiger partial charge on any atom is -0.324 e. The van der Waals surface area contributed by atoms with Crippen LogP contribution in [0, 0.1) is 0 Å². The summed E-state index contributed by atoms with van der Waals surface area (Å²) in [6.07, 6.45) is 4.68. The van der Waals surface area contributed by atoms with Crippen molar-refractivity contribution >= 4 is 11.6 Å². The van der Waals surface area contributed by atoms with E-state index >= 15 is 0 Å². The second kappa shape index (κ2) is 9.38. The van der Waals surface area contributed by atoms with Gasteiger partial charge in [0, 0.05) is 23.7 Å². The molecule has 0 aliphatic rings.